The van der Waals surface area contributed by atoms with Crippen LogP contribution >= 0.6 is 31.9 Å². The van der Waals surface area contributed by atoms with Crippen molar-refractivity contribution in [3.8, 4) is 0 Å². The maximum atomic E-state index is 13.0. The van der Waals surface area contributed by atoms with E-state index in [4.69, 9.17) is 0 Å². The molecule has 88 valence electrons. The summed E-state index contributed by atoms with van der Waals surface area (Å²) < 4.78 is 50.1. The number of hydrogen-bond donors (Lipinski definition) is 0. The Morgan fingerprint density at radius 2 is 1.88 bits per heavy atom. The lowest BCUT2D eigenvalue weighted by molar-refractivity contribution is -0.140. The minimum absolute atomic E-state index is 0.00227. The highest BCUT2D eigenvalue weighted by atomic mass is 79.9. The van der Waals surface area contributed by atoms with E-state index < -0.39 is 23.3 Å². The van der Waals surface area contributed by atoms with E-state index in [1.54, 1.807) is 0 Å². The predicted molar refractivity (Wildman–Crippen MR) is 57.2 cm³/mol. The van der Waals surface area contributed by atoms with Crippen molar-refractivity contribution >= 4 is 37.6 Å². The van der Waals surface area contributed by atoms with Crippen LogP contribution in [0.4, 0.5) is 17.6 Å². The molecule has 0 N–H and O–H groups in total. The molecule has 0 heterocycles. The van der Waals surface area contributed by atoms with Gasteiger partial charge in [0.2, 0.25) is 0 Å². The van der Waals surface area contributed by atoms with Crippen LogP contribution < -0.4 is 0 Å². The van der Waals surface area contributed by atoms with Crippen molar-refractivity contribution in [3.05, 3.63) is 33.5 Å². The maximum Gasteiger partial charge on any atom is 0.419 e. The summed E-state index contributed by atoms with van der Waals surface area (Å²) in [5.41, 5.74) is -1.65. The number of carbonyl (C=O) groups excluding carboxylic acids is 1. The van der Waals surface area contributed by atoms with Gasteiger partial charge in [0.15, 0.2) is 5.78 Å². The molecule has 1 rings (SSSR count). The van der Waals surface area contributed by atoms with Crippen molar-refractivity contribution < 1.29 is 22.4 Å². The fourth-order valence-electron chi connectivity index (χ4n) is 1.05. The molecule has 0 atom stereocenters. The molecular weight excluding hydrogens is 360 g/mol. The van der Waals surface area contributed by atoms with Crippen LogP contribution in [0.2, 0.25) is 0 Å². The van der Waals surface area contributed by atoms with Gasteiger partial charge in [-0.15, -0.1) is 0 Å². The molecule has 0 aliphatic rings. The summed E-state index contributed by atoms with van der Waals surface area (Å²) >= 11 is 5.67. The number of benzene rings is 1. The van der Waals surface area contributed by atoms with Crippen LogP contribution in [0.5, 0.6) is 0 Å². The Balaban J connectivity index is 3.39. The molecule has 1 aromatic rings. The third-order valence-corrected chi connectivity index (χ3v) is 2.95. The first-order chi connectivity index (χ1) is 7.27. The summed E-state index contributed by atoms with van der Waals surface area (Å²) in [4.78, 5) is 11.3. The second kappa shape index (κ2) is 4.83. The molecule has 0 fully saturated rings. The molecule has 1 nitrogen and oxygen atoms in total. The maximum absolute atomic E-state index is 13.0. The summed E-state index contributed by atoms with van der Waals surface area (Å²) in [6, 6.07) is 1.14. The molecule has 0 radical (unpaired) electrons. The Morgan fingerprint density at radius 3 is 2.31 bits per heavy atom. The molecule has 0 aliphatic heterocycles. The molecule has 0 unspecified atom stereocenters. The normalized spacial score (nSPS) is 11.6. The van der Waals surface area contributed by atoms with Crippen LogP contribution in [0.3, 0.4) is 0 Å². The lowest BCUT2D eigenvalue weighted by Crippen LogP contribution is -2.11. The first-order valence-corrected chi connectivity index (χ1v) is 5.84. The van der Waals surface area contributed by atoms with Gasteiger partial charge in [0.05, 0.1) is 10.9 Å². The van der Waals surface area contributed by atoms with E-state index in [9.17, 15) is 22.4 Å². The van der Waals surface area contributed by atoms with Gasteiger partial charge in [-0.25, -0.2) is 4.39 Å². The van der Waals surface area contributed by atoms with Crippen molar-refractivity contribution in [1.82, 2.24) is 0 Å². The largest absolute Gasteiger partial charge is 0.419 e. The summed E-state index contributed by atoms with van der Waals surface area (Å²) in [5, 5.41) is -0.130. The number of hydrogen-bond acceptors (Lipinski definition) is 1. The molecule has 0 amide bonds. The lowest BCUT2D eigenvalue weighted by Gasteiger charge is -2.10. The third kappa shape index (κ3) is 2.82. The number of ketones is 1. The highest BCUT2D eigenvalue weighted by molar-refractivity contribution is 9.10. The minimum Gasteiger partial charge on any atom is -0.293 e. The van der Waals surface area contributed by atoms with Crippen molar-refractivity contribution in [3.63, 3.8) is 0 Å². The average Bonchev–Trinajstić information content (AvgIpc) is 2.14. The van der Waals surface area contributed by atoms with Gasteiger partial charge in [0.25, 0.3) is 0 Å². The monoisotopic (exact) mass is 362 g/mol. The number of Topliss-reactive ketones (excluding diaryl/α,β-unsaturated/α-hetero) is 1. The SMILES string of the molecule is O=C(CBr)c1cc(C(F)(F)F)c(F)cc1Br. The van der Waals surface area contributed by atoms with Gasteiger partial charge in [-0.2, -0.15) is 13.2 Å². The number of rotatable bonds is 2. The first kappa shape index (κ1) is 13.6. The van der Waals surface area contributed by atoms with Crippen molar-refractivity contribution in [2.24, 2.45) is 0 Å². The van der Waals surface area contributed by atoms with E-state index in [1.807, 2.05) is 0 Å². The number of carbonyl (C=O) groups is 1. The van der Waals surface area contributed by atoms with Crippen LogP contribution in [0.1, 0.15) is 15.9 Å². The Kier molecular flexibility index (Phi) is 4.12. The zero-order valence-electron chi connectivity index (χ0n) is 7.54. The number of halogens is 6. The lowest BCUT2D eigenvalue weighted by atomic mass is 10.1. The molecule has 0 bridgehead atoms. The van der Waals surface area contributed by atoms with Gasteiger partial charge in [0, 0.05) is 10.0 Å². The van der Waals surface area contributed by atoms with Gasteiger partial charge in [-0.05, 0) is 28.1 Å². The van der Waals surface area contributed by atoms with E-state index in [-0.39, 0.29) is 15.4 Å². The Bertz CT molecular complexity index is 428. The Labute approximate surface area is 105 Å². The Hall–Kier alpha value is -0.430. The number of alkyl halides is 4. The fourth-order valence-corrected chi connectivity index (χ4v) is 1.89. The quantitative estimate of drug-likeness (QED) is 0.437. The standard InChI is InChI=1S/C9H4Br2F4O/c10-3-8(16)4-1-5(9(13,14)15)7(12)2-6(4)11/h1-2H,3H2. The molecule has 7 heteroatoms. The molecule has 16 heavy (non-hydrogen) atoms. The molecule has 0 spiro atoms. The summed E-state index contributed by atoms with van der Waals surface area (Å²) in [7, 11) is 0. The predicted octanol–water partition coefficient (Wildman–Crippen LogP) is 4.18. The fraction of sp³-hybridized carbons (Fsp3) is 0.222. The molecule has 0 saturated carbocycles. The third-order valence-electron chi connectivity index (χ3n) is 1.78. The van der Waals surface area contributed by atoms with Crippen molar-refractivity contribution in [2.45, 2.75) is 6.18 Å². The summed E-state index contributed by atoms with van der Waals surface area (Å²) in [6.07, 6.45) is -4.81. The van der Waals surface area contributed by atoms with Crippen LogP contribution in [0.25, 0.3) is 0 Å². The smallest absolute Gasteiger partial charge is 0.293 e. The molecule has 0 saturated heterocycles. The second-order valence-corrected chi connectivity index (χ2v) is 4.28. The Morgan fingerprint density at radius 1 is 1.31 bits per heavy atom. The van der Waals surface area contributed by atoms with E-state index in [1.165, 1.54) is 0 Å². The van der Waals surface area contributed by atoms with E-state index >= 15 is 0 Å². The van der Waals surface area contributed by atoms with Crippen LogP contribution in [-0.2, 0) is 6.18 Å². The van der Waals surface area contributed by atoms with Gasteiger partial charge in [-0.1, -0.05) is 15.9 Å². The van der Waals surface area contributed by atoms with Crippen LogP contribution in [0.15, 0.2) is 16.6 Å². The topological polar surface area (TPSA) is 17.1 Å². The molecular formula is C9H4Br2F4O. The van der Waals surface area contributed by atoms with Crippen LogP contribution in [0, 0.1) is 5.82 Å². The van der Waals surface area contributed by atoms with E-state index in [0.29, 0.717) is 12.1 Å². The van der Waals surface area contributed by atoms with Gasteiger partial charge < -0.3 is 0 Å². The van der Waals surface area contributed by atoms with Crippen molar-refractivity contribution in [2.75, 3.05) is 5.33 Å². The van der Waals surface area contributed by atoms with E-state index in [0.717, 1.165) is 0 Å². The molecule has 1 aromatic carbocycles. The van der Waals surface area contributed by atoms with Gasteiger partial charge >= 0.3 is 6.18 Å². The van der Waals surface area contributed by atoms with Crippen molar-refractivity contribution in [1.29, 1.82) is 0 Å². The first-order valence-electron chi connectivity index (χ1n) is 3.92. The van der Waals surface area contributed by atoms with Gasteiger partial charge in [0.1, 0.15) is 5.82 Å². The average molecular weight is 364 g/mol. The highest BCUT2D eigenvalue weighted by Crippen LogP contribution is 2.34. The second-order valence-electron chi connectivity index (χ2n) is 2.87. The zero-order chi connectivity index (χ0) is 12.5. The minimum atomic E-state index is -4.81. The van der Waals surface area contributed by atoms with E-state index in [2.05, 4.69) is 31.9 Å². The summed E-state index contributed by atoms with van der Waals surface area (Å²) in [6.45, 7) is 0. The highest BCUT2D eigenvalue weighted by Gasteiger charge is 2.35. The molecule has 0 aliphatic carbocycles. The molecule has 0 aromatic heterocycles. The zero-order valence-corrected chi connectivity index (χ0v) is 10.7. The van der Waals surface area contributed by atoms with Crippen LogP contribution in [-0.4, -0.2) is 11.1 Å². The van der Waals surface area contributed by atoms with Gasteiger partial charge in [-0.3, -0.25) is 4.79 Å². The summed E-state index contributed by atoms with van der Waals surface area (Å²) in [5.74, 6) is -1.97.